The minimum absolute atomic E-state index is 0.135. The number of aliphatic hydroxyl groups excluding tert-OH is 1. The van der Waals surface area contributed by atoms with Gasteiger partial charge in [0.2, 0.25) is 0 Å². The number of nitrogens with two attached hydrogens (primary N) is 1. The van der Waals surface area contributed by atoms with Gasteiger partial charge >= 0.3 is 0 Å². The Morgan fingerprint density at radius 1 is 1.03 bits per heavy atom. The molecular formula is C25H27N5O2. The van der Waals surface area contributed by atoms with Crippen molar-refractivity contribution in [1.29, 1.82) is 0 Å². The van der Waals surface area contributed by atoms with Gasteiger partial charge in [0, 0.05) is 37.1 Å². The van der Waals surface area contributed by atoms with Gasteiger partial charge in [0.05, 0.1) is 11.5 Å². The molecule has 7 heteroatoms. The second kappa shape index (κ2) is 8.61. The predicted octanol–water partition coefficient (Wildman–Crippen LogP) is 3.37. The average molecular weight is 430 g/mol. The maximum absolute atomic E-state index is 9.94. The molecule has 0 amide bonds. The Hall–Kier alpha value is -3.42. The molecule has 1 aliphatic rings. The monoisotopic (exact) mass is 429 g/mol. The van der Waals surface area contributed by atoms with Crippen LogP contribution in [0.4, 0.5) is 5.82 Å². The first-order valence-electron chi connectivity index (χ1n) is 11.0. The third-order valence-corrected chi connectivity index (χ3v) is 6.26. The normalized spacial score (nSPS) is 15.4. The Bertz CT molecular complexity index is 1230. The highest BCUT2D eigenvalue weighted by Gasteiger charge is 2.18. The van der Waals surface area contributed by atoms with Gasteiger partial charge in [-0.15, -0.1) is 0 Å². The van der Waals surface area contributed by atoms with Crippen LogP contribution in [0.2, 0.25) is 0 Å². The third kappa shape index (κ3) is 4.04. The smallest absolute Gasteiger partial charge is 0.150 e. The van der Waals surface area contributed by atoms with E-state index in [1.54, 1.807) is 12.1 Å². The van der Waals surface area contributed by atoms with Crippen molar-refractivity contribution in [2.45, 2.75) is 25.4 Å². The number of phenols is 1. The molecule has 1 saturated heterocycles. The molecule has 164 valence electrons. The van der Waals surface area contributed by atoms with Crippen LogP contribution in [0.25, 0.3) is 27.8 Å². The molecule has 0 radical (unpaired) electrons. The number of likely N-dealkylation sites (tertiary alicyclic amines) is 1. The fourth-order valence-corrected chi connectivity index (χ4v) is 4.43. The molecule has 0 unspecified atom stereocenters. The minimum atomic E-state index is -0.135. The van der Waals surface area contributed by atoms with E-state index in [0.29, 0.717) is 5.82 Å². The van der Waals surface area contributed by atoms with Crippen molar-refractivity contribution in [1.82, 2.24) is 19.4 Å². The van der Waals surface area contributed by atoms with Gasteiger partial charge in [-0.2, -0.15) is 0 Å². The van der Waals surface area contributed by atoms with Gasteiger partial charge in [-0.3, -0.25) is 0 Å². The van der Waals surface area contributed by atoms with Gasteiger partial charge < -0.3 is 25.4 Å². The van der Waals surface area contributed by atoms with E-state index in [4.69, 9.17) is 5.73 Å². The zero-order chi connectivity index (χ0) is 22.1. The van der Waals surface area contributed by atoms with E-state index in [0.717, 1.165) is 66.7 Å². The van der Waals surface area contributed by atoms with Crippen molar-refractivity contribution >= 4 is 16.9 Å². The van der Waals surface area contributed by atoms with Crippen LogP contribution in [0.1, 0.15) is 18.4 Å². The van der Waals surface area contributed by atoms with Crippen molar-refractivity contribution in [3.63, 3.8) is 0 Å². The Balaban J connectivity index is 1.43. The summed E-state index contributed by atoms with van der Waals surface area (Å²) in [5.74, 6) is 0.613. The first-order chi connectivity index (χ1) is 15.6. The number of aliphatic hydroxyl groups is 1. The zero-order valence-corrected chi connectivity index (χ0v) is 17.9. The molecule has 7 nitrogen and oxygen atoms in total. The highest BCUT2D eigenvalue weighted by atomic mass is 16.3. The molecule has 4 N–H and O–H groups in total. The quantitative estimate of drug-likeness (QED) is 0.450. The maximum Gasteiger partial charge on any atom is 0.150 e. The Labute approximate surface area is 186 Å². The van der Waals surface area contributed by atoms with E-state index in [1.165, 1.54) is 11.9 Å². The molecule has 0 spiro atoms. The van der Waals surface area contributed by atoms with Crippen LogP contribution in [-0.4, -0.2) is 55.4 Å². The summed E-state index contributed by atoms with van der Waals surface area (Å²) in [7, 11) is 0. The highest BCUT2D eigenvalue weighted by molar-refractivity contribution is 6.01. The fourth-order valence-electron chi connectivity index (χ4n) is 4.43. The topological polar surface area (TPSA) is 100 Å². The predicted molar refractivity (Wildman–Crippen MR) is 126 cm³/mol. The number of hydrogen-bond acceptors (Lipinski definition) is 6. The molecule has 1 fully saturated rings. The first kappa shape index (κ1) is 20.5. The van der Waals surface area contributed by atoms with E-state index < -0.39 is 0 Å². The average Bonchev–Trinajstić information content (AvgIpc) is 3.20. The summed E-state index contributed by atoms with van der Waals surface area (Å²) in [5.41, 5.74) is 11.0. The van der Waals surface area contributed by atoms with Crippen molar-refractivity contribution in [3.8, 4) is 22.6 Å². The largest absolute Gasteiger partial charge is 0.508 e. The van der Waals surface area contributed by atoms with E-state index >= 15 is 0 Å². The molecule has 0 aliphatic carbocycles. The van der Waals surface area contributed by atoms with Crippen LogP contribution < -0.4 is 5.73 Å². The summed E-state index contributed by atoms with van der Waals surface area (Å²) < 4.78 is 2.02. The van der Waals surface area contributed by atoms with E-state index in [-0.39, 0.29) is 11.9 Å². The fraction of sp³-hybridized carbons (Fsp3) is 0.280. The molecule has 5 rings (SSSR count). The second-order valence-corrected chi connectivity index (χ2v) is 8.41. The molecular weight excluding hydrogens is 402 g/mol. The number of anilines is 1. The molecule has 3 heterocycles. The van der Waals surface area contributed by atoms with Crippen molar-refractivity contribution in [3.05, 3.63) is 66.6 Å². The Morgan fingerprint density at radius 3 is 2.56 bits per heavy atom. The second-order valence-electron chi connectivity index (χ2n) is 8.41. The highest BCUT2D eigenvalue weighted by Crippen LogP contribution is 2.35. The summed E-state index contributed by atoms with van der Waals surface area (Å²) in [6, 6.07) is 15.6. The number of nitrogen functional groups attached to an aromatic ring is 1. The minimum Gasteiger partial charge on any atom is -0.508 e. The van der Waals surface area contributed by atoms with Gasteiger partial charge in [0.15, 0.2) is 5.65 Å². The number of aromatic nitrogens is 3. The van der Waals surface area contributed by atoms with Crippen LogP contribution in [-0.2, 0) is 6.42 Å². The number of aromatic hydroxyl groups is 1. The standard InChI is InChI=1S/C25H27N5O2/c26-24-23-22(18-2-1-3-21(32)14-18)15-30(25(23)28-16-27-24)19-6-4-17(5-7-19)8-11-29-12-9-20(31)10-13-29/h1-7,14-16,20,31-32H,8-13H2,(H2,26,27,28). The van der Waals surface area contributed by atoms with Crippen LogP contribution >= 0.6 is 0 Å². The summed E-state index contributed by atoms with van der Waals surface area (Å²) in [5, 5.41) is 20.4. The van der Waals surface area contributed by atoms with Gasteiger partial charge in [0.25, 0.3) is 0 Å². The molecule has 2 aromatic heterocycles. The van der Waals surface area contributed by atoms with Crippen molar-refractivity contribution in [2.75, 3.05) is 25.4 Å². The van der Waals surface area contributed by atoms with Crippen LogP contribution in [0.5, 0.6) is 5.75 Å². The molecule has 0 saturated carbocycles. The molecule has 2 aromatic carbocycles. The van der Waals surface area contributed by atoms with Crippen LogP contribution in [0.3, 0.4) is 0 Å². The number of nitrogens with zero attached hydrogens (tertiary/aromatic N) is 4. The van der Waals surface area contributed by atoms with E-state index in [2.05, 4.69) is 39.1 Å². The number of piperidine rings is 1. The van der Waals surface area contributed by atoms with Crippen LogP contribution in [0, 0.1) is 0 Å². The maximum atomic E-state index is 9.94. The third-order valence-electron chi connectivity index (χ3n) is 6.26. The van der Waals surface area contributed by atoms with Gasteiger partial charge in [-0.05, 0) is 54.7 Å². The summed E-state index contributed by atoms with van der Waals surface area (Å²) >= 11 is 0. The Kier molecular flexibility index (Phi) is 5.51. The molecule has 0 bridgehead atoms. The SMILES string of the molecule is Nc1ncnc2c1c(-c1cccc(O)c1)cn2-c1ccc(CCN2CCC(O)CC2)cc1. The number of fused-ring (bicyclic) bond motifs is 1. The molecule has 0 atom stereocenters. The lowest BCUT2D eigenvalue weighted by molar-refractivity contribution is 0.0832. The van der Waals surface area contributed by atoms with Gasteiger partial charge in [0.1, 0.15) is 17.9 Å². The summed E-state index contributed by atoms with van der Waals surface area (Å²) in [6.07, 6.45) is 6.05. The first-order valence-corrected chi connectivity index (χ1v) is 11.0. The van der Waals surface area contributed by atoms with E-state index in [9.17, 15) is 10.2 Å². The molecule has 4 aromatic rings. The van der Waals surface area contributed by atoms with E-state index in [1.807, 2.05) is 22.9 Å². The van der Waals surface area contributed by atoms with Crippen LogP contribution in [0.15, 0.2) is 61.1 Å². The number of benzene rings is 2. The lowest BCUT2D eigenvalue weighted by atomic mass is 10.1. The lowest BCUT2D eigenvalue weighted by Crippen LogP contribution is -2.37. The number of hydrogen-bond donors (Lipinski definition) is 3. The van der Waals surface area contributed by atoms with Gasteiger partial charge in [-0.25, -0.2) is 9.97 Å². The summed E-state index contributed by atoms with van der Waals surface area (Å²) in [4.78, 5) is 11.1. The Morgan fingerprint density at radius 2 is 1.81 bits per heavy atom. The number of phenolic OH excluding ortho intramolecular Hbond substituents is 1. The molecule has 1 aliphatic heterocycles. The summed E-state index contributed by atoms with van der Waals surface area (Å²) in [6.45, 7) is 2.94. The lowest BCUT2D eigenvalue weighted by Gasteiger charge is -2.29. The molecule has 32 heavy (non-hydrogen) atoms. The zero-order valence-electron chi connectivity index (χ0n) is 17.9. The van der Waals surface area contributed by atoms with Gasteiger partial charge in [-0.1, -0.05) is 24.3 Å². The van der Waals surface area contributed by atoms with Crippen molar-refractivity contribution in [2.24, 2.45) is 0 Å². The number of rotatable bonds is 5. The van der Waals surface area contributed by atoms with Crippen molar-refractivity contribution < 1.29 is 10.2 Å².